The van der Waals surface area contributed by atoms with Gasteiger partial charge in [-0.1, -0.05) is 29.8 Å². The van der Waals surface area contributed by atoms with Gasteiger partial charge in [-0.15, -0.1) is 0 Å². The molecule has 0 aliphatic rings. The van der Waals surface area contributed by atoms with Crippen LogP contribution in [0.3, 0.4) is 0 Å². The third-order valence-corrected chi connectivity index (χ3v) is 4.09. The maximum absolute atomic E-state index is 12.5. The first-order valence-corrected chi connectivity index (χ1v) is 8.67. The predicted molar refractivity (Wildman–Crippen MR) is 100 cm³/mol. The van der Waals surface area contributed by atoms with Crippen molar-refractivity contribution in [1.82, 2.24) is 19.6 Å². The average molecular weight is 388 g/mol. The third kappa shape index (κ3) is 4.17. The van der Waals surface area contributed by atoms with E-state index in [0.717, 1.165) is 0 Å². The summed E-state index contributed by atoms with van der Waals surface area (Å²) in [6.45, 7) is 3.62. The van der Waals surface area contributed by atoms with E-state index in [9.17, 15) is 9.59 Å². The standard InChI is InChI=1S/C18H18ClN5O3/c1-3-27-18(26)14-9-20-24(13-7-5-4-6-8-13)17(14)21-16(25)11-23-10-15(19)12(2)22-23/h4-10H,3,11H2,1-2H3,(H,21,25). The molecule has 2 aromatic heterocycles. The number of rotatable bonds is 6. The number of aryl methyl sites for hydroxylation is 1. The Morgan fingerprint density at radius 2 is 2.00 bits per heavy atom. The van der Waals surface area contributed by atoms with E-state index < -0.39 is 5.97 Å². The van der Waals surface area contributed by atoms with Crippen molar-refractivity contribution >= 4 is 29.3 Å². The largest absolute Gasteiger partial charge is 0.462 e. The number of nitrogens with zero attached hydrogens (tertiary/aromatic N) is 4. The number of anilines is 1. The van der Waals surface area contributed by atoms with Gasteiger partial charge >= 0.3 is 5.97 Å². The van der Waals surface area contributed by atoms with Crippen molar-refractivity contribution in [3.05, 3.63) is 59.0 Å². The van der Waals surface area contributed by atoms with Crippen LogP contribution in [-0.2, 0) is 16.1 Å². The maximum atomic E-state index is 12.5. The lowest BCUT2D eigenvalue weighted by Crippen LogP contribution is -2.22. The van der Waals surface area contributed by atoms with Gasteiger partial charge in [0.1, 0.15) is 12.1 Å². The van der Waals surface area contributed by atoms with Gasteiger partial charge in [-0.2, -0.15) is 10.2 Å². The van der Waals surface area contributed by atoms with Gasteiger partial charge in [-0.25, -0.2) is 9.48 Å². The van der Waals surface area contributed by atoms with Crippen LogP contribution in [0.25, 0.3) is 5.69 Å². The average Bonchev–Trinajstić information content (AvgIpc) is 3.19. The Kier molecular flexibility index (Phi) is 5.56. The molecule has 1 amide bonds. The van der Waals surface area contributed by atoms with Crippen molar-refractivity contribution in [1.29, 1.82) is 0 Å². The van der Waals surface area contributed by atoms with Crippen LogP contribution in [0.1, 0.15) is 23.0 Å². The predicted octanol–water partition coefficient (Wildman–Crippen LogP) is 2.85. The molecule has 3 rings (SSSR count). The number of carbonyl (C=O) groups is 2. The molecule has 1 aromatic carbocycles. The van der Waals surface area contributed by atoms with Crippen LogP contribution in [0, 0.1) is 6.92 Å². The molecule has 1 N–H and O–H groups in total. The Labute approximate surface area is 160 Å². The molecule has 0 saturated heterocycles. The van der Waals surface area contributed by atoms with Gasteiger partial charge in [0, 0.05) is 6.20 Å². The van der Waals surface area contributed by atoms with Crippen LogP contribution in [0.4, 0.5) is 5.82 Å². The van der Waals surface area contributed by atoms with E-state index in [1.165, 1.54) is 15.6 Å². The summed E-state index contributed by atoms with van der Waals surface area (Å²) in [5.74, 6) is -0.704. The van der Waals surface area contributed by atoms with Gasteiger partial charge < -0.3 is 10.1 Å². The lowest BCUT2D eigenvalue weighted by molar-refractivity contribution is -0.116. The number of para-hydroxylation sites is 1. The smallest absolute Gasteiger partial charge is 0.343 e. The molecule has 0 unspecified atom stereocenters. The molecule has 27 heavy (non-hydrogen) atoms. The quantitative estimate of drug-likeness (QED) is 0.657. The fourth-order valence-electron chi connectivity index (χ4n) is 2.49. The summed E-state index contributed by atoms with van der Waals surface area (Å²) in [5.41, 5.74) is 1.50. The number of amides is 1. The van der Waals surface area contributed by atoms with E-state index >= 15 is 0 Å². The van der Waals surface area contributed by atoms with Gasteiger partial charge in [0.25, 0.3) is 0 Å². The van der Waals surface area contributed by atoms with Crippen LogP contribution >= 0.6 is 11.6 Å². The minimum absolute atomic E-state index is 0.0597. The second kappa shape index (κ2) is 8.05. The highest BCUT2D eigenvalue weighted by atomic mass is 35.5. The molecule has 0 saturated carbocycles. The normalized spacial score (nSPS) is 10.6. The second-order valence-corrected chi connectivity index (χ2v) is 6.09. The van der Waals surface area contributed by atoms with Gasteiger partial charge in [-0.05, 0) is 26.0 Å². The molecule has 0 atom stereocenters. The summed E-state index contributed by atoms with van der Waals surface area (Å²) in [5, 5.41) is 11.6. The number of aromatic nitrogens is 4. The summed E-state index contributed by atoms with van der Waals surface area (Å²) in [7, 11) is 0. The van der Waals surface area contributed by atoms with E-state index in [4.69, 9.17) is 16.3 Å². The van der Waals surface area contributed by atoms with Gasteiger partial charge in [0.15, 0.2) is 5.82 Å². The molecule has 2 heterocycles. The molecule has 8 nitrogen and oxygen atoms in total. The van der Waals surface area contributed by atoms with Crippen LogP contribution in [-0.4, -0.2) is 38.0 Å². The van der Waals surface area contributed by atoms with Gasteiger partial charge in [-0.3, -0.25) is 9.48 Å². The van der Waals surface area contributed by atoms with E-state index in [1.807, 2.05) is 30.3 Å². The number of nitrogens with one attached hydrogen (secondary N) is 1. The highest BCUT2D eigenvalue weighted by Gasteiger charge is 2.21. The summed E-state index contributed by atoms with van der Waals surface area (Å²) >= 11 is 5.97. The molecule has 0 spiro atoms. The lowest BCUT2D eigenvalue weighted by atomic mass is 10.3. The Balaban J connectivity index is 1.90. The van der Waals surface area contributed by atoms with Crippen molar-refractivity contribution in [3.8, 4) is 5.69 Å². The number of hydrogen-bond donors (Lipinski definition) is 1. The van der Waals surface area contributed by atoms with Crippen molar-refractivity contribution in [2.75, 3.05) is 11.9 Å². The molecule has 0 aliphatic carbocycles. The summed E-state index contributed by atoms with van der Waals surface area (Å²) < 4.78 is 7.97. The lowest BCUT2D eigenvalue weighted by Gasteiger charge is -2.11. The zero-order valence-corrected chi connectivity index (χ0v) is 15.6. The van der Waals surface area contributed by atoms with Crippen LogP contribution < -0.4 is 5.32 Å². The summed E-state index contributed by atoms with van der Waals surface area (Å²) in [4.78, 5) is 24.7. The summed E-state index contributed by atoms with van der Waals surface area (Å²) in [6.07, 6.45) is 2.94. The van der Waals surface area contributed by atoms with Crippen molar-refractivity contribution < 1.29 is 14.3 Å². The molecular formula is C18H18ClN5O3. The Morgan fingerprint density at radius 1 is 1.26 bits per heavy atom. The van der Waals surface area contributed by atoms with E-state index in [0.29, 0.717) is 16.4 Å². The highest BCUT2D eigenvalue weighted by molar-refractivity contribution is 6.31. The number of ether oxygens (including phenoxy) is 1. The number of carbonyl (C=O) groups excluding carboxylic acids is 2. The Hall–Kier alpha value is -3.13. The molecular weight excluding hydrogens is 370 g/mol. The van der Waals surface area contributed by atoms with Gasteiger partial charge in [0.2, 0.25) is 5.91 Å². The Bertz CT molecular complexity index is 945. The molecule has 9 heteroatoms. The van der Waals surface area contributed by atoms with Crippen LogP contribution in [0.5, 0.6) is 0 Å². The minimum Gasteiger partial charge on any atom is -0.462 e. The van der Waals surface area contributed by atoms with Crippen LogP contribution in [0.2, 0.25) is 5.02 Å². The zero-order valence-electron chi connectivity index (χ0n) is 14.8. The third-order valence-electron chi connectivity index (χ3n) is 3.72. The molecule has 0 fully saturated rings. The topological polar surface area (TPSA) is 91.0 Å². The van der Waals surface area contributed by atoms with Crippen molar-refractivity contribution in [3.63, 3.8) is 0 Å². The number of esters is 1. The number of halogens is 1. The SMILES string of the molecule is CCOC(=O)c1cnn(-c2ccccc2)c1NC(=O)Cn1cc(Cl)c(C)n1. The highest BCUT2D eigenvalue weighted by Crippen LogP contribution is 2.21. The first-order chi connectivity index (χ1) is 13.0. The second-order valence-electron chi connectivity index (χ2n) is 5.68. The molecule has 0 radical (unpaired) electrons. The van der Waals surface area contributed by atoms with Crippen molar-refractivity contribution in [2.45, 2.75) is 20.4 Å². The monoisotopic (exact) mass is 387 g/mol. The number of hydrogen-bond acceptors (Lipinski definition) is 5. The fraction of sp³-hybridized carbons (Fsp3) is 0.222. The van der Waals surface area contributed by atoms with E-state index in [2.05, 4.69) is 15.5 Å². The first-order valence-electron chi connectivity index (χ1n) is 8.29. The fourth-order valence-corrected chi connectivity index (χ4v) is 2.64. The van der Waals surface area contributed by atoms with E-state index in [1.54, 1.807) is 20.0 Å². The molecule has 3 aromatic rings. The first kappa shape index (κ1) is 18.7. The molecule has 0 aliphatic heterocycles. The maximum Gasteiger partial charge on any atom is 0.343 e. The molecule has 0 bridgehead atoms. The van der Waals surface area contributed by atoms with E-state index in [-0.39, 0.29) is 30.4 Å². The van der Waals surface area contributed by atoms with Crippen molar-refractivity contribution in [2.24, 2.45) is 0 Å². The number of benzene rings is 1. The zero-order chi connectivity index (χ0) is 19.4. The Morgan fingerprint density at radius 3 is 2.63 bits per heavy atom. The van der Waals surface area contributed by atoms with Gasteiger partial charge in [0.05, 0.1) is 29.2 Å². The summed E-state index contributed by atoms with van der Waals surface area (Å²) in [6, 6.07) is 9.16. The molecule has 140 valence electrons. The minimum atomic E-state index is -0.562. The van der Waals surface area contributed by atoms with Crippen LogP contribution in [0.15, 0.2) is 42.7 Å².